The van der Waals surface area contributed by atoms with E-state index >= 15 is 0 Å². The minimum atomic E-state index is -1.21. The number of nitro benzene ring substituents is 1. The van der Waals surface area contributed by atoms with Gasteiger partial charge in [0.05, 0.1) is 50.1 Å². The Morgan fingerprint density at radius 1 is 0.625 bits per heavy atom. The second-order valence-corrected chi connectivity index (χ2v) is 16.0. The van der Waals surface area contributed by atoms with Gasteiger partial charge < -0.3 is 37.7 Å². The lowest BCUT2D eigenvalue weighted by molar-refractivity contribution is -0.384. The number of aryl methyl sites for hydroxylation is 1. The number of nitro groups is 1. The average Bonchev–Trinajstić information content (AvgIpc) is 3.33. The van der Waals surface area contributed by atoms with Crippen molar-refractivity contribution in [2.75, 3.05) is 13.2 Å². The Labute approximate surface area is 374 Å². The van der Waals surface area contributed by atoms with Gasteiger partial charge in [-0.15, -0.1) is 0 Å². The quantitative estimate of drug-likeness (QED) is 0.0329. The molecule has 0 aliphatic carbocycles. The summed E-state index contributed by atoms with van der Waals surface area (Å²) in [6, 6.07) is 43.7. The van der Waals surface area contributed by atoms with Crippen LogP contribution in [0.15, 0.2) is 144 Å². The maximum atomic E-state index is 14.3. The van der Waals surface area contributed by atoms with E-state index in [1.807, 2.05) is 121 Å². The van der Waals surface area contributed by atoms with Crippen molar-refractivity contribution in [1.82, 2.24) is 4.57 Å². The third kappa shape index (κ3) is 12.4. The number of unbranched alkanes of at least 4 members (excludes halogenated alkanes) is 5. The first-order chi connectivity index (χ1) is 31.4. The van der Waals surface area contributed by atoms with Crippen molar-refractivity contribution < 1.29 is 38.1 Å². The smallest absolute Gasteiger partial charge is 0.297 e. The molecule has 0 N–H and O–H groups in total. The van der Waals surface area contributed by atoms with Crippen LogP contribution >= 0.6 is 0 Å². The highest BCUT2D eigenvalue weighted by atomic mass is 16.7. The molecule has 12 heteroatoms. The first-order valence-corrected chi connectivity index (χ1v) is 22.2. The Bertz CT molecular complexity index is 2400. The number of rotatable bonds is 24. The third-order valence-corrected chi connectivity index (χ3v) is 11.3. The second kappa shape index (κ2) is 23.7. The molecule has 5 aromatic carbocycles. The minimum absolute atomic E-state index is 0.0242. The molecule has 0 bridgehead atoms. The van der Waals surface area contributed by atoms with E-state index in [9.17, 15) is 14.9 Å². The molecule has 2 heterocycles. The minimum Gasteiger partial charge on any atom is -0.485 e. The highest BCUT2D eigenvalue weighted by Gasteiger charge is 2.50. The number of aromatic nitrogens is 1. The van der Waals surface area contributed by atoms with Crippen molar-refractivity contribution in [2.45, 2.75) is 103 Å². The molecule has 336 valence electrons. The highest BCUT2D eigenvalue weighted by Crippen LogP contribution is 2.39. The van der Waals surface area contributed by atoms with Crippen molar-refractivity contribution in [3.8, 4) is 11.5 Å². The Balaban J connectivity index is 1.30. The van der Waals surface area contributed by atoms with Gasteiger partial charge in [-0.2, -0.15) is 0 Å². The molecule has 5 atom stereocenters. The lowest BCUT2D eigenvalue weighted by Crippen LogP contribution is -2.62. The molecule has 64 heavy (non-hydrogen) atoms. The molecular formula is C52H58N2O10. The van der Waals surface area contributed by atoms with Crippen LogP contribution in [0.5, 0.6) is 11.5 Å². The van der Waals surface area contributed by atoms with E-state index in [1.165, 1.54) is 16.7 Å². The zero-order chi connectivity index (χ0) is 44.5. The maximum absolute atomic E-state index is 14.3. The molecule has 0 saturated carbocycles. The molecule has 12 nitrogen and oxygen atoms in total. The van der Waals surface area contributed by atoms with E-state index in [0.717, 1.165) is 60.8 Å². The molecule has 1 saturated heterocycles. The van der Waals surface area contributed by atoms with Gasteiger partial charge in [0, 0.05) is 24.6 Å². The van der Waals surface area contributed by atoms with Gasteiger partial charge in [0.15, 0.2) is 5.75 Å². The number of ether oxygens (including phenoxy) is 7. The van der Waals surface area contributed by atoms with Crippen LogP contribution in [0.2, 0.25) is 0 Å². The van der Waals surface area contributed by atoms with Gasteiger partial charge in [-0.3, -0.25) is 14.9 Å². The molecule has 6 aromatic rings. The summed E-state index contributed by atoms with van der Waals surface area (Å²) in [4.78, 5) is 25.8. The fraction of sp³-hybridized carbons (Fsp3) is 0.365. The second-order valence-electron chi connectivity index (χ2n) is 16.0. The Morgan fingerprint density at radius 3 is 1.70 bits per heavy atom. The van der Waals surface area contributed by atoms with Gasteiger partial charge in [-0.25, -0.2) is 0 Å². The van der Waals surface area contributed by atoms with Gasteiger partial charge in [-0.1, -0.05) is 160 Å². The molecular weight excluding hydrogens is 813 g/mol. The Kier molecular flexibility index (Phi) is 17.1. The van der Waals surface area contributed by atoms with Gasteiger partial charge >= 0.3 is 0 Å². The number of non-ortho nitro benzene ring substituents is 1. The number of nitrogens with zero attached hydrogens (tertiary/aromatic N) is 2. The predicted molar refractivity (Wildman–Crippen MR) is 245 cm³/mol. The van der Waals surface area contributed by atoms with Crippen LogP contribution in [-0.4, -0.2) is 53.4 Å². The van der Waals surface area contributed by atoms with Crippen molar-refractivity contribution >= 4 is 16.6 Å². The van der Waals surface area contributed by atoms with Crippen molar-refractivity contribution in [2.24, 2.45) is 7.05 Å². The summed E-state index contributed by atoms with van der Waals surface area (Å²) in [5.41, 5.74) is 3.42. The summed E-state index contributed by atoms with van der Waals surface area (Å²) in [6.45, 7) is 3.50. The van der Waals surface area contributed by atoms with E-state index in [2.05, 4.69) is 6.92 Å². The first-order valence-electron chi connectivity index (χ1n) is 22.2. The van der Waals surface area contributed by atoms with E-state index in [1.54, 1.807) is 13.1 Å². The van der Waals surface area contributed by atoms with Crippen LogP contribution in [-0.2, 0) is 57.2 Å². The summed E-state index contributed by atoms with van der Waals surface area (Å²) >= 11 is 0. The van der Waals surface area contributed by atoms with Crippen LogP contribution < -0.4 is 15.0 Å². The lowest BCUT2D eigenvalue weighted by atomic mass is 9.97. The molecule has 0 unspecified atom stereocenters. The Hall–Kier alpha value is -5.89. The summed E-state index contributed by atoms with van der Waals surface area (Å²) in [5.74, 6) is 0.0654. The fourth-order valence-electron chi connectivity index (χ4n) is 7.84. The van der Waals surface area contributed by atoms with Gasteiger partial charge in [-0.05, 0) is 34.7 Å². The molecule has 0 spiro atoms. The topological polar surface area (TPSA) is 130 Å². The lowest BCUT2D eigenvalue weighted by Gasteiger charge is -2.45. The fourth-order valence-corrected chi connectivity index (χ4v) is 7.84. The largest absolute Gasteiger partial charge is 0.485 e. The summed E-state index contributed by atoms with van der Waals surface area (Å²) in [7, 11) is 1.57. The van der Waals surface area contributed by atoms with E-state index in [-0.39, 0.29) is 50.2 Å². The normalized spacial score (nSPS) is 18.5. The molecule has 1 aliphatic heterocycles. The van der Waals surface area contributed by atoms with Crippen LogP contribution in [0.4, 0.5) is 5.69 Å². The SMILES string of the molecule is CCCCCCCCOc1c(O[C@@H]2O[C@H](COCc3ccccc3)[C@@H](OCc3ccccc3)[C@H](OCc3ccccc3)[C@H]2OCc2ccccc2)c2ccc([N+](=O)[O-])cc2n(C)c1=O. The van der Waals surface area contributed by atoms with Crippen LogP contribution in [0.1, 0.15) is 67.7 Å². The van der Waals surface area contributed by atoms with Crippen LogP contribution in [0, 0.1) is 10.1 Å². The van der Waals surface area contributed by atoms with Gasteiger partial charge in [0.2, 0.25) is 12.0 Å². The molecule has 1 aliphatic rings. The number of hydrogen-bond donors (Lipinski definition) is 0. The molecule has 0 amide bonds. The highest BCUT2D eigenvalue weighted by molar-refractivity contribution is 5.89. The van der Waals surface area contributed by atoms with Crippen LogP contribution in [0.3, 0.4) is 0 Å². The number of pyridine rings is 1. The summed E-state index contributed by atoms with van der Waals surface area (Å²) in [5, 5.41) is 12.4. The zero-order valence-electron chi connectivity index (χ0n) is 36.6. The predicted octanol–water partition coefficient (Wildman–Crippen LogP) is 10.3. The zero-order valence-corrected chi connectivity index (χ0v) is 36.6. The van der Waals surface area contributed by atoms with Gasteiger partial charge in [0.25, 0.3) is 11.2 Å². The van der Waals surface area contributed by atoms with Crippen LogP contribution in [0.25, 0.3) is 10.9 Å². The van der Waals surface area contributed by atoms with Crippen molar-refractivity contribution in [3.05, 3.63) is 182 Å². The molecule has 7 rings (SSSR count). The monoisotopic (exact) mass is 870 g/mol. The van der Waals surface area contributed by atoms with E-state index in [4.69, 9.17) is 33.2 Å². The number of benzene rings is 5. The van der Waals surface area contributed by atoms with E-state index < -0.39 is 41.2 Å². The molecule has 0 radical (unpaired) electrons. The average molecular weight is 871 g/mol. The molecule has 1 aromatic heterocycles. The summed E-state index contributed by atoms with van der Waals surface area (Å²) in [6.07, 6.45) is 1.70. The maximum Gasteiger partial charge on any atom is 0.297 e. The number of hydrogen-bond acceptors (Lipinski definition) is 10. The Morgan fingerprint density at radius 2 is 1.14 bits per heavy atom. The van der Waals surface area contributed by atoms with Crippen molar-refractivity contribution in [1.29, 1.82) is 0 Å². The number of fused-ring (bicyclic) bond motifs is 1. The van der Waals surface area contributed by atoms with Crippen molar-refractivity contribution in [3.63, 3.8) is 0 Å². The van der Waals surface area contributed by atoms with Gasteiger partial charge in [0.1, 0.15) is 24.4 Å². The standard InChI is InChI=1S/C52H58N2O10/c1-3-4-5-6-7-20-31-59-49-46(43-30-29-42(54(56)57)32-44(43)53(2)51(49)55)64-52-50(62-36-41-27-18-11-19-28-41)48(61-35-40-25-16-10-17-26-40)47(60-34-39-23-14-9-15-24-39)45(63-52)37-58-33-38-21-12-8-13-22-38/h8-19,21-30,32,45,47-48,50,52H,3-7,20,31,33-37H2,1-2H3/t45-,47-,48+,50-,52+/m1/s1. The third-order valence-electron chi connectivity index (χ3n) is 11.3. The summed E-state index contributed by atoms with van der Waals surface area (Å²) < 4.78 is 48.7. The van der Waals surface area contributed by atoms with E-state index in [0.29, 0.717) is 17.5 Å². The first kappa shape index (κ1) is 46.1. The molecule has 1 fully saturated rings.